The van der Waals surface area contributed by atoms with E-state index in [1.54, 1.807) is 11.7 Å². The third-order valence-corrected chi connectivity index (χ3v) is 4.95. The van der Waals surface area contributed by atoms with Gasteiger partial charge in [0.1, 0.15) is 33.9 Å². The number of likely N-dealkylation sites (tertiary alicyclic amines) is 1. The molecule has 1 aromatic carbocycles. The number of allylic oxidation sites excluding steroid dienone is 1. The van der Waals surface area contributed by atoms with Crippen molar-refractivity contribution in [2.24, 2.45) is 0 Å². The molecule has 3 aromatic rings. The van der Waals surface area contributed by atoms with Gasteiger partial charge in [-0.1, -0.05) is 0 Å². The molecule has 6 nitrogen and oxygen atoms in total. The first-order valence-corrected chi connectivity index (χ1v) is 9.14. The Bertz CT molecular complexity index is 1030. The first kappa shape index (κ1) is 18.4. The van der Waals surface area contributed by atoms with E-state index in [0.29, 0.717) is 35.7 Å². The average molecular weight is 406 g/mol. The van der Waals surface area contributed by atoms with Gasteiger partial charge in [-0.15, -0.1) is 24.5 Å². The van der Waals surface area contributed by atoms with Crippen molar-refractivity contribution in [2.75, 3.05) is 13.1 Å². The van der Waals surface area contributed by atoms with Gasteiger partial charge in [-0.3, -0.25) is 4.79 Å². The van der Waals surface area contributed by atoms with Gasteiger partial charge >= 0.3 is 6.36 Å². The number of aromatic nitrogens is 3. The highest BCUT2D eigenvalue weighted by Crippen LogP contribution is 2.33. The van der Waals surface area contributed by atoms with Crippen molar-refractivity contribution < 1.29 is 22.7 Å². The van der Waals surface area contributed by atoms with E-state index in [1.807, 2.05) is 4.90 Å². The zero-order valence-corrected chi connectivity index (χ0v) is 15.1. The summed E-state index contributed by atoms with van der Waals surface area (Å²) >= 11 is 1.38. The molecule has 0 radical (unpaired) electrons. The molecule has 0 atom stereocenters. The van der Waals surface area contributed by atoms with Crippen LogP contribution < -0.4 is 4.74 Å². The van der Waals surface area contributed by atoms with Gasteiger partial charge in [0.2, 0.25) is 0 Å². The molecule has 0 unspecified atom stereocenters. The Kier molecular flexibility index (Phi) is 4.71. The Hall–Kier alpha value is -3.01. The number of hydrogen-bond donors (Lipinski definition) is 0. The first-order valence-electron chi connectivity index (χ1n) is 8.26. The van der Waals surface area contributed by atoms with E-state index in [9.17, 15) is 18.0 Å². The molecule has 2 aromatic heterocycles. The van der Waals surface area contributed by atoms with Crippen molar-refractivity contribution >= 4 is 28.0 Å². The van der Waals surface area contributed by atoms with E-state index in [1.165, 1.54) is 41.7 Å². The molecule has 1 fully saturated rings. The second-order valence-electron chi connectivity index (χ2n) is 6.14. The summed E-state index contributed by atoms with van der Waals surface area (Å²) in [6.45, 7) is 1.37. The van der Waals surface area contributed by atoms with E-state index in [-0.39, 0.29) is 11.7 Å². The van der Waals surface area contributed by atoms with Crippen LogP contribution in [0.5, 0.6) is 5.75 Å². The number of thiazole rings is 1. The minimum atomic E-state index is -4.74. The summed E-state index contributed by atoms with van der Waals surface area (Å²) in [5.74, 6) is 0.462. The fourth-order valence-electron chi connectivity index (χ4n) is 2.93. The Morgan fingerprint density at radius 3 is 2.61 bits per heavy atom. The summed E-state index contributed by atoms with van der Waals surface area (Å²) in [4.78, 5) is 26.6. The lowest BCUT2D eigenvalue weighted by Gasteiger charge is -2.37. The summed E-state index contributed by atoms with van der Waals surface area (Å²) in [7, 11) is 0. The van der Waals surface area contributed by atoms with Crippen molar-refractivity contribution in [1.29, 1.82) is 0 Å². The van der Waals surface area contributed by atoms with Gasteiger partial charge in [0.15, 0.2) is 0 Å². The molecular formula is C18H13F3N4O2S. The van der Waals surface area contributed by atoms with Gasteiger partial charge in [0.25, 0.3) is 0 Å². The number of benzene rings is 1. The molecule has 3 heterocycles. The number of carbonyl (C=O) groups is 1. The Morgan fingerprint density at radius 1 is 1.18 bits per heavy atom. The lowest BCUT2D eigenvalue weighted by molar-refractivity contribution is -0.274. The van der Waals surface area contributed by atoms with Crippen LogP contribution >= 0.6 is 11.3 Å². The van der Waals surface area contributed by atoms with Crippen molar-refractivity contribution in [2.45, 2.75) is 12.3 Å². The van der Waals surface area contributed by atoms with Crippen molar-refractivity contribution in [3.63, 3.8) is 0 Å². The molecule has 0 bridgehead atoms. The van der Waals surface area contributed by atoms with Crippen LogP contribution in [0.1, 0.15) is 11.7 Å². The van der Waals surface area contributed by atoms with Crippen LogP contribution in [-0.2, 0) is 4.79 Å². The molecule has 10 heteroatoms. The molecular weight excluding hydrogens is 393 g/mol. The normalized spacial score (nSPS) is 15.2. The summed E-state index contributed by atoms with van der Waals surface area (Å²) in [6.07, 6.45) is -0.869. The SMILES string of the molecule is O=CC=CN1CC(c2nc(-c3ccc(OC(F)(F)F)cc3)c3ncsc3n2)C1. The van der Waals surface area contributed by atoms with E-state index >= 15 is 0 Å². The number of rotatable bonds is 5. The van der Waals surface area contributed by atoms with Gasteiger partial charge in [-0.25, -0.2) is 15.0 Å². The lowest BCUT2D eigenvalue weighted by atomic mass is 9.99. The molecule has 28 heavy (non-hydrogen) atoms. The zero-order chi connectivity index (χ0) is 19.7. The Morgan fingerprint density at radius 2 is 1.93 bits per heavy atom. The maximum atomic E-state index is 12.3. The standard InChI is InChI=1S/C18H13F3N4O2S/c19-18(20,21)27-13-4-2-11(3-5-13)14-15-17(28-10-22-15)24-16(23-14)12-8-25(9-12)6-1-7-26/h1-7,10,12H,8-9H2. The third-order valence-electron chi connectivity index (χ3n) is 4.23. The average Bonchev–Trinajstić information content (AvgIpc) is 3.08. The second kappa shape index (κ2) is 7.19. The highest BCUT2D eigenvalue weighted by Gasteiger charge is 2.31. The van der Waals surface area contributed by atoms with Crippen LogP contribution in [0.4, 0.5) is 13.2 Å². The Balaban J connectivity index is 1.63. The molecule has 0 amide bonds. The summed E-state index contributed by atoms with van der Waals surface area (Å²) in [5, 5.41) is 0. The van der Waals surface area contributed by atoms with Crippen LogP contribution in [0, 0.1) is 0 Å². The van der Waals surface area contributed by atoms with Gasteiger partial charge < -0.3 is 9.64 Å². The second-order valence-corrected chi connectivity index (χ2v) is 6.97. The van der Waals surface area contributed by atoms with Crippen LogP contribution in [-0.4, -0.2) is 45.6 Å². The van der Waals surface area contributed by atoms with Crippen molar-refractivity contribution in [3.8, 4) is 17.0 Å². The maximum Gasteiger partial charge on any atom is 0.573 e. The van der Waals surface area contributed by atoms with Gasteiger partial charge in [-0.05, 0) is 30.3 Å². The third kappa shape index (κ3) is 3.81. The molecule has 1 aliphatic rings. The number of fused-ring (bicyclic) bond motifs is 1. The molecule has 0 N–H and O–H groups in total. The molecule has 1 aliphatic heterocycles. The fraction of sp³-hybridized carbons (Fsp3) is 0.222. The predicted molar refractivity (Wildman–Crippen MR) is 96.8 cm³/mol. The summed E-state index contributed by atoms with van der Waals surface area (Å²) in [5.41, 5.74) is 3.47. The monoisotopic (exact) mass is 406 g/mol. The minimum absolute atomic E-state index is 0.106. The minimum Gasteiger partial charge on any atom is -0.406 e. The number of ether oxygens (including phenoxy) is 1. The fourth-order valence-corrected chi connectivity index (χ4v) is 3.60. The number of alkyl halides is 3. The van der Waals surface area contributed by atoms with Crippen LogP contribution in [0.3, 0.4) is 0 Å². The van der Waals surface area contributed by atoms with Crippen LogP contribution in [0.2, 0.25) is 0 Å². The van der Waals surface area contributed by atoms with Gasteiger partial charge in [0, 0.05) is 24.9 Å². The molecule has 1 saturated heterocycles. The first-order chi connectivity index (χ1) is 13.4. The number of halogens is 3. The quantitative estimate of drug-likeness (QED) is 0.475. The van der Waals surface area contributed by atoms with E-state index in [2.05, 4.69) is 19.7 Å². The lowest BCUT2D eigenvalue weighted by Crippen LogP contribution is -2.41. The molecule has 0 spiro atoms. The maximum absolute atomic E-state index is 12.3. The zero-order valence-electron chi connectivity index (χ0n) is 14.3. The molecule has 144 valence electrons. The van der Waals surface area contributed by atoms with E-state index in [0.717, 1.165) is 11.1 Å². The van der Waals surface area contributed by atoms with Gasteiger partial charge in [0.05, 0.1) is 11.4 Å². The number of carbonyl (C=O) groups excluding carboxylic acids is 1. The topological polar surface area (TPSA) is 68.2 Å². The smallest absolute Gasteiger partial charge is 0.406 e. The summed E-state index contributed by atoms with van der Waals surface area (Å²) < 4.78 is 41.0. The van der Waals surface area contributed by atoms with Crippen LogP contribution in [0.25, 0.3) is 21.6 Å². The van der Waals surface area contributed by atoms with Crippen molar-refractivity contribution in [1.82, 2.24) is 19.9 Å². The van der Waals surface area contributed by atoms with Crippen LogP contribution in [0.15, 0.2) is 42.1 Å². The van der Waals surface area contributed by atoms with Gasteiger partial charge in [-0.2, -0.15) is 0 Å². The molecule has 4 rings (SSSR count). The van der Waals surface area contributed by atoms with E-state index in [4.69, 9.17) is 0 Å². The molecule has 0 saturated carbocycles. The number of nitrogens with zero attached hydrogens (tertiary/aromatic N) is 4. The highest BCUT2D eigenvalue weighted by atomic mass is 32.1. The number of hydrogen-bond acceptors (Lipinski definition) is 7. The highest BCUT2D eigenvalue weighted by molar-refractivity contribution is 7.16. The summed E-state index contributed by atoms with van der Waals surface area (Å²) in [6, 6.07) is 5.54. The largest absolute Gasteiger partial charge is 0.573 e. The van der Waals surface area contributed by atoms with Crippen molar-refractivity contribution in [3.05, 3.63) is 47.9 Å². The molecule has 0 aliphatic carbocycles. The Labute approximate surface area is 161 Å². The van der Waals surface area contributed by atoms with E-state index < -0.39 is 6.36 Å². The predicted octanol–water partition coefficient (Wildman–Crippen LogP) is 3.76. The number of aldehydes is 1.